The molecule has 4 aromatic rings. The molecular formula is C25H24N4O3. The van der Waals surface area contributed by atoms with Gasteiger partial charge in [0.1, 0.15) is 18.0 Å². The number of rotatable bonds is 6. The van der Waals surface area contributed by atoms with Gasteiger partial charge >= 0.3 is 5.97 Å². The molecule has 2 aromatic heterocycles. The fourth-order valence-electron chi connectivity index (χ4n) is 4.15. The van der Waals surface area contributed by atoms with Gasteiger partial charge in [-0.05, 0) is 49.4 Å². The highest BCUT2D eigenvalue weighted by molar-refractivity contribution is 5.84. The van der Waals surface area contributed by atoms with Crippen LogP contribution in [0.4, 0.5) is 11.4 Å². The minimum absolute atomic E-state index is 0.137. The molecule has 0 N–H and O–H groups in total. The van der Waals surface area contributed by atoms with Gasteiger partial charge in [0.25, 0.3) is 0 Å². The van der Waals surface area contributed by atoms with E-state index in [1.807, 2.05) is 103 Å². The van der Waals surface area contributed by atoms with E-state index in [1.165, 1.54) is 0 Å². The zero-order valence-corrected chi connectivity index (χ0v) is 18.0. The summed E-state index contributed by atoms with van der Waals surface area (Å²) in [6, 6.07) is 23.8. The van der Waals surface area contributed by atoms with Crippen LogP contribution in [-0.4, -0.2) is 35.9 Å². The van der Waals surface area contributed by atoms with Gasteiger partial charge in [-0.2, -0.15) is 5.10 Å². The van der Waals surface area contributed by atoms with Crippen LogP contribution in [0.3, 0.4) is 0 Å². The minimum Gasteiger partial charge on any atom is -0.465 e. The Balaban J connectivity index is 1.46. The van der Waals surface area contributed by atoms with Crippen molar-refractivity contribution in [1.29, 1.82) is 0 Å². The van der Waals surface area contributed by atoms with Crippen molar-refractivity contribution in [2.45, 2.75) is 13.1 Å². The first-order valence-corrected chi connectivity index (χ1v) is 10.6. The van der Waals surface area contributed by atoms with Gasteiger partial charge in [-0.1, -0.05) is 30.3 Å². The van der Waals surface area contributed by atoms with Crippen molar-refractivity contribution in [3.63, 3.8) is 0 Å². The number of ether oxygens (including phenoxy) is 1. The second-order valence-corrected chi connectivity index (χ2v) is 7.59. The van der Waals surface area contributed by atoms with Crippen LogP contribution in [0.1, 0.15) is 18.8 Å². The minimum atomic E-state index is -0.268. The van der Waals surface area contributed by atoms with E-state index in [0.29, 0.717) is 12.4 Å². The summed E-state index contributed by atoms with van der Waals surface area (Å²) in [6.07, 6.45) is 1.65. The summed E-state index contributed by atoms with van der Waals surface area (Å²) in [6.45, 7) is 2.30. The van der Waals surface area contributed by atoms with Crippen LogP contribution in [0, 0.1) is 0 Å². The lowest BCUT2D eigenvalue weighted by Crippen LogP contribution is -2.37. The number of esters is 1. The molecule has 1 aliphatic rings. The van der Waals surface area contributed by atoms with Crippen molar-refractivity contribution >= 4 is 17.3 Å². The maximum absolute atomic E-state index is 12.3. The van der Waals surface area contributed by atoms with Gasteiger partial charge in [-0.15, -0.1) is 0 Å². The Kier molecular flexibility index (Phi) is 5.15. The number of fused-ring (bicyclic) bond motifs is 1. The zero-order valence-electron chi connectivity index (χ0n) is 18.0. The molecule has 2 aromatic carbocycles. The Bertz CT molecular complexity index is 1230. The molecular weight excluding hydrogens is 404 g/mol. The highest BCUT2D eigenvalue weighted by Crippen LogP contribution is 2.45. The summed E-state index contributed by atoms with van der Waals surface area (Å²) in [5.74, 6) is 1.14. The first-order chi connectivity index (χ1) is 15.7. The van der Waals surface area contributed by atoms with E-state index < -0.39 is 0 Å². The number of furan rings is 1. The van der Waals surface area contributed by atoms with E-state index in [1.54, 1.807) is 0 Å². The van der Waals surface area contributed by atoms with E-state index in [-0.39, 0.29) is 18.7 Å². The average molecular weight is 428 g/mol. The van der Waals surface area contributed by atoms with Crippen molar-refractivity contribution in [3.05, 3.63) is 84.8 Å². The number of carbonyl (C=O) groups is 1. The van der Waals surface area contributed by atoms with E-state index in [4.69, 9.17) is 9.15 Å². The fourth-order valence-corrected chi connectivity index (χ4v) is 4.15. The highest BCUT2D eigenvalue weighted by Gasteiger charge is 2.38. The molecule has 1 aliphatic heterocycles. The fraction of sp³-hybridized carbons (Fsp3) is 0.200. The van der Waals surface area contributed by atoms with Crippen molar-refractivity contribution in [2.75, 3.05) is 30.0 Å². The first kappa shape index (κ1) is 19.9. The zero-order chi connectivity index (χ0) is 22.1. The number of benzene rings is 2. The summed E-state index contributed by atoms with van der Waals surface area (Å²) < 4.78 is 13.3. The number of hydrogen-bond donors (Lipinski definition) is 0. The molecule has 162 valence electrons. The Labute approximate surface area is 186 Å². The van der Waals surface area contributed by atoms with Gasteiger partial charge in [0.05, 0.1) is 23.7 Å². The third-order valence-corrected chi connectivity index (χ3v) is 5.58. The topological polar surface area (TPSA) is 63.7 Å². The number of hydrogen-bond acceptors (Lipinski definition) is 6. The number of anilines is 2. The van der Waals surface area contributed by atoms with Gasteiger partial charge in [0.15, 0.2) is 11.9 Å². The van der Waals surface area contributed by atoms with Crippen LogP contribution in [0.25, 0.3) is 17.1 Å². The molecule has 0 unspecified atom stereocenters. The standard InChI is InChI=1S/C25H24N4O3/c1-3-31-24(30)17-28-21-12-8-7-11-20(21)27(2)25(28)23-14-13-22(32-23)19-15-16-29(26-19)18-9-5-4-6-10-18/h4-16,25H,3,17H2,1-2H3/t25-/m0/s1. The van der Waals surface area contributed by atoms with Gasteiger partial charge in [-0.3, -0.25) is 4.79 Å². The summed E-state index contributed by atoms with van der Waals surface area (Å²) in [4.78, 5) is 16.5. The van der Waals surface area contributed by atoms with Gasteiger partial charge in [0.2, 0.25) is 0 Å². The van der Waals surface area contributed by atoms with Crippen molar-refractivity contribution in [1.82, 2.24) is 9.78 Å². The van der Waals surface area contributed by atoms with Gasteiger partial charge in [0, 0.05) is 13.2 Å². The van der Waals surface area contributed by atoms with Crippen LogP contribution in [0.15, 0.2) is 83.4 Å². The van der Waals surface area contributed by atoms with Crippen LogP contribution in [-0.2, 0) is 9.53 Å². The molecule has 32 heavy (non-hydrogen) atoms. The normalized spacial score (nSPS) is 15.1. The molecule has 0 bridgehead atoms. The summed E-state index contributed by atoms with van der Waals surface area (Å²) in [5.41, 5.74) is 3.74. The Morgan fingerprint density at radius 2 is 1.75 bits per heavy atom. The van der Waals surface area contributed by atoms with Gasteiger partial charge in [-0.25, -0.2) is 4.68 Å². The Morgan fingerprint density at radius 1 is 1.00 bits per heavy atom. The molecule has 7 nitrogen and oxygen atoms in total. The van der Waals surface area contributed by atoms with Gasteiger partial charge < -0.3 is 19.0 Å². The van der Waals surface area contributed by atoms with Crippen LogP contribution < -0.4 is 9.80 Å². The molecule has 3 heterocycles. The third-order valence-electron chi connectivity index (χ3n) is 5.58. The maximum atomic E-state index is 12.3. The second kappa shape index (κ2) is 8.26. The van der Waals surface area contributed by atoms with Crippen LogP contribution in [0.2, 0.25) is 0 Å². The summed E-state index contributed by atoms with van der Waals surface area (Å²) >= 11 is 0. The van der Waals surface area contributed by atoms with Crippen LogP contribution >= 0.6 is 0 Å². The van der Waals surface area contributed by atoms with E-state index in [9.17, 15) is 4.79 Å². The maximum Gasteiger partial charge on any atom is 0.325 e. The third kappa shape index (κ3) is 3.51. The number of para-hydroxylation sites is 3. The first-order valence-electron chi connectivity index (χ1n) is 10.6. The summed E-state index contributed by atoms with van der Waals surface area (Å²) in [7, 11) is 2.00. The molecule has 0 saturated heterocycles. The van der Waals surface area contributed by atoms with E-state index in [2.05, 4.69) is 10.00 Å². The lowest BCUT2D eigenvalue weighted by atomic mass is 10.2. The molecule has 0 radical (unpaired) electrons. The number of nitrogens with zero attached hydrogens (tertiary/aromatic N) is 4. The molecule has 0 spiro atoms. The quantitative estimate of drug-likeness (QED) is 0.417. The molecule has 5 rings (SSSR count). The second-order valence-electron chi connectivity index (χ2n) is 7.59. The smallest absolute Gasteiger partial charge is 0.325 e. The molecule has 0 amide bonds. The summed E-state index contributed by atoms with van der Waals surface area (Å²) in [5, 5.41) is 4.66. The van der Waals surface area contributed by atoms with Crippen LogP contribution in [0.5, 0.6) is 0 Å². The Morgan fingerprint density at radius 3 is 2.53 bits per heavy atom. The number of carbonyl (C=O) groups excluding carboxylic acids is 1. The molecule has 0 fully saturated rings. The lowest BCUT2D eigenvalue weighted by Gasteiger charge is -2.28. The van der Waals surface area contributed by atoms with Crippen molar-refractivity contribution in [3.8, 4) is 17.1 Å². The molecule has 7 heteroatoms. The molecule has 0 saturated carbocycles. The predicted molar refractivity (Wildman–Crippen MR) is 123 cm³/mol. The van der Waals surface area contributed by atoms with E-state index in [0.717, 1.165) is 28.5 Å². The number of aromatic nitrogens is 2. The predicted octanol–water partition coefficient (Wildman–Crippen LogP) is 4.65. The molecule has 0 aliphatic carbocycles. The van der Waals surface area contributed by atoms with Crippen molar-refractivity contribution in [2.24, 2.45) is 0 Å². The van der Waals surface area contributed by atoms with E-state index >= 15 is 0 Å². The largest absolute Gasteiger partial charge is 0.465 e. The lowest BCUT2D eigenvalue weighted by molar-refractivity contribution is -0.141. The average Bonchev–Trinajstić information content (AvgIpc) is 3.54. The van der Waals surface area contributed by atoms with Crippen molar-refractivity contribution < 1.29 is 13.9 Å². The SMILES string of the molecule is CCOC(=O)CN1c2ccccc2N(C)[C@@H]1c1ccc(-c2ccn(-c3ccccc3)n2)o1. The highest BCUT2D eigenvalue weighted by atomic mass is 16.5. The monoisotopic (exact) mass is 428 g/mol. The Hall–Kier alpha value is -4.00. The molecule has 1 atom stereocenters.